The first-order valence-corrected chi connectivity index (χ1v) is 9.86. The van der Waals surface area contributed by atoms with E-state index < -0.39 is 10.8 Å². The number of benzene rings is 1. The quantitative estimate of drug-likeness (QED) is 0.304. The molecule has 1 aliphatic heterocycles. The Morgan fingerprint density at radius 2 is 2.00 bits per heavy atom. The number of anilines is 1. The summed E-state index contributed by atoms with van der Waals surface area (Å²) in [7, 11) is 0. The van der Waals surface area contributed by atoms with Crippen molar-refractivity contribution in [3.05, 3.63) is 51.3 Å². The maximum atomic E-state index is 13.0. The number of likely N-dealkylation sites (tertiary alicyclic amines) is 1. The summed E-state index contributed by atoms with van der Waals surface area (Å²) < 4.78 is 5.79. The van der Waals surface area contributed by atoms with Crippen LogP contribution in [0.25, 0.3) is 5.82 Å². The van der Waals surface area contributed by atoms with Gasteiger partial charge in [0.2, 0.25) is 11.6 Å². The molecule has 1 aliphatic rings. The molecule has 3 N–H and O–H groups in total. The van der Waals surface area contributed by atoms with Crippen molar-refractivity contribution in [1.29, 1.82) is 0 Å². The SMILES string of the molecule is Nc1nonc1-n1nnc(CN2CCCCC2)c1C(=O)N/N=C/c1ccc([N+](=O)[O-])cc1. The molecule has 0 saturated carbocycles. The van der Waals surface area contributed by atoms with E-state index in [0.717, 1.165) is 25.9 Å². The van der Waals surface area contributed by atoms with Gasteiger partial charge in [0, 0.05) is 18.7 Å². The second-order valence-corrected chi connectivity index (χ2v) is 7.15. The molecule has 0 aliphatic carbocycles. The van der Waals surface area contributed by atoms with Crippen LogP contribution in [0.4, 0.5) is 11.5 Å². The lowest BCUT2D eigenvalue weighted by atomic mass is 10.1. The number of carbonyl (C=O) groups excluding carboxylic acids is 1. The summed E-state index contributed by atoms with van der Waals surface area (Å²) in [5.41, 5.74) is 9.28. The fourth-order valence-corrected chi connectivity index (χ4v) is 3.36. The first kappa shape index (κ1) is 21.0. The summed E-state index contributed by atoms with van der Waals surface area (Å²) in [6.45, 7) is 2.24. The van der Waals surface area contributed by atoms with Gasteiger partial charge in [0.25, 0.3) is 11.6 Å². The zero-order valence-electron chi connectivity index (χ0n) is 16.9. The van der Waals surface area contributed by atoms with Crippen LogP contribution < -0.4 is 11.2 Å². The number of nitrogens with one attached hydrogen (secondary N) is 1. The Morgan fingerprint density at radius 3 is 2.66 bits per heavy atom. The predicted octanol–water partition coefficient (Wildman–Crippen LogP) is 0.891. The highest BCUT2D eigenvalue weighted by Crippen LogP contribution is 2.19. The van der Waals surface area contributed by atoms with Crippen molar-refractivity contribution >= 4 is 23.6 Å². The van der Waals surface area contributed by atoms with Crippen molar-refractivity contribution in [2.45, 2.75) is 25.8 Å². The molecule has 0 bridgehead atoms. The van der Waals surface area contributed by atoms with E-state index in [0.29, 0.717) is 17.8 Å². The van der Waals surface area contributed by atoms with Gasteiger partial charge in [0.15, 0.2) is 5.69 Å². The van der Waals surface area contributed by atoms with Gasteiger partial charge in [-0.15, -0.1) is 5.10 Å². The summed E-state index contributed by atoms with van der Waals surface area (Å²) in [5.74, 6) is -0.572. The van der Waals surface area contributed by atoms with E-state index in [1.54, 1.807) is 0 Å². The van der Waals surface area contributed by atoms with Gasteiger partial charge in [-0.3, -0.25) is 19.8 Å². The van der Waals surface area contributed by atoms with E-state index in [2.05, 4.69) is 40.7 Å². The van der Waals surface area contributed by atoms with Crippen LogP contribution in [0, 0.1) is 10.1 Å². The Kier molecular flexibility index (Phi) is 6.12. The minimum absolute atomic E-state index is 0.0390. The Labute approximate surface area is 181 Å². The van der Waals surface area contributed by atoms with Crippen LogP contribution in [0.3, 0.4) is 0 Å². The maximum Gasteiger partial charge on any atom is 0.292 e. The van der Waals surface area contributed by atoms with Crippen molar-refractivity contribution in [3.63, 3.8) is 0 Å². The molecular weight excluding hydrogens is 420 g/mol. The van der Waals surface area contributed by atoms with E-state index in [9.17, 15) is 14.9 Å². The molecule has 1 amide bonds. The number of rotatable bonds is 7. The number of amides is 1. The van der Waals surface area contributed by atoms with Crippen LogP contribution in [0.5, 0.6) is 0 Å². The van der Waals surface area contributed by atoms with E-state index in [-0.39, 0.29) is 23.0 Å². The van der Waals surface area contributed by atoms with Crippen LogP contribution in [-0.2, 0) is 6.54 Å². The molecule has 4 rings (SSSR count). The van der Waals surface area contributed by atoms with Crippen molar-refractivity contribution < 1.29 is 14.3 Å². The van der Waals surface area contributed by atoms with Gasteiger partial charge in [0.1, 0.15) is 5.69 Å². The highest BCUT2D eigenvalue weighted by atomic mass is 16.6. The standard InChI is InChI=1S/C18H20N10O4/c19-16-17(24-32-23-16)27-15(14(21-25-27)11-26-8-2-1-3-9-26)18(29)22-20-10-12-4-6-13(7-5-12)28(30)31/h4-7,10H,1-3,8-9,11H2,(H2,19,23)(H,22,29)/b20-10+. The molecule has 14 heteroatoms. The van der Waals surface area contributed by atoms with Gasteiger partial charge in [-0.05, 0) is 53.9 Å². The first-order chi connectivity index (χ1) is 15.5. The van der Waals surface area contributed by atoms with Crippen LogP contribution in [0.2, 0.25) is 0 Å². The number of nitrogens with zero attached hydrogens (tertiary/aromatic N) is 8. The van der Waals surface area contributed by atoms with E-state index >= 15 is 0 Å². The Bertz CT molecular complexity index is 1130. The molecule has 32 heavy (non-hydrogen) atoms. The second-order valence-electron chi connectivity index (χ2n) is 7.15. The highest BCUT2D eigenvalue weighted by Gasteiger charge is 2.26. The molecule has 0 unspecified atom stereocenters. The molecule has 1 fully saturated rings. The lowest BCUT2D eigenvalue weighted by molar-refractivity contribution is -0.384. The first-order valence-electron chi connectivity index (χ1n) is 9.86. The lowest BCUT2D eigenvalue weighted by Gasteiger charge is -2.25. The largest absolute Gasteiger partial charge is 0.378 e. The van der Waals surface area contributed by atoms with Gasteiger partial charge in [0.05, 0.1) is 11.1 Å². The molecule has 3 aromatic rings. The van der Waals surface area contributed by atoms with Crippen LogP contribution in [0.15, 0.2) is 34.0 Å². The molecular formula is C18H20N10O4. The van der Waals surface area contributed by atoms with Crippen LogP contribution >= 0.6 is 0 Å². The molecule has 1 aromatic carbocycles. The summed E-state index contributed by atoms with van der Waals surface area (Å²) in [6.07, 6.45) is 4.70. The van der Waals surface area contributed by atoms with Crippen LogP contribution in [-0.4, -0.2) is 60.3 Å². The topological polar surface area (TPSA) is 183 Å². The third-order valence-electron chi connectivity index (χ3n) is 4.96. The van der Waals surface area contributed by atoms with Gasteiger partial charge in [-0.25, -0.2) is 10.1 Å². The summed E-state index contributed by atoms with van der Waals surface area (Å²) in [6, 6.07) is 5.73. The number of hydrogen-bond acceptors (Lipinski definition) is 11. The zero-order chi connectivity index (χ0) is 22.5. The molecule has 3 heterocycles. The van der Waals surface area contributed by atoms with Crippen molar-refractivity contribution in [2.24, 2.45) is 5.10 Å². The van der Waals surface area contributed by atoms with Crippen molar-refractivity contribution in [1.82, 2.24) is 35.6 Å². The third-order valence-corrected chi connectivity index (χ3v) is 4.96. The van der Waals surface area contributed by atoms with Crippen molar-refractivity contribution in [2.75, 3.05) is 18.8 Å². The average Bonchev–Trinajstić information content (AvgIpc) is 3.40. The monoisotopic (exact) mass is 440 g/mol. The highest BCUT2D eigenvalue weighted by molar-refractivity contribution is 5.95. The van der Waals surface area contributed by atoms with E-state index in [4.69, 9.17) is 5.73 Å². The van der Waals surface area contributed by atoms with Gasteiger partial charge in [-0.2, -0.15) is 9.78 Å². The van der Waals surface area contributed by atoms with Gasteiger partial charge < -0.3 is 5.73 Å². The average molecular weight is 440 g/mol. The number of carbonyl (C=O) groups is 1. The number of aromatic nitrogens is 5. The summed E-state index contributed by atoms with van der Waals surface area (Å²) in [5, 5.41) is 30.1. The Hall–Kier alpha value is -4.20. The maximum absolute atomic E-state index is 13.0. The van der Waals surface area contributed by atoms with Crippen LogP contribution in [0.1, 0.15) is 41.0 Å². The Balaban J connectivity index is 1.55. The van der Waals surface area contributed by atoms with Gasteiger partial charge >= 0.3 is 0 Å². The molecule has 0 radical (unpaired) electrons. The normalized spacial score (nSPS) is 14.6. The molecule has 166 valence electrons. The fraction of sp³-hybridized carbons (Fsp3) is 0.333. The number of nitrogen functional groups attached to an aromatic ring is 1. The number of non-ortho nitro benzene ring substituents is 1. The fourth-order valence-electron chi connectivity index (χ4n) is 3.36. The van der Waals surface area contributed by atoms with E-state index in [1.807, 2.05) is 0 Å². The molecule has 1 saturated heterocycles. The second kappa shape index (κ2) is 9.30. The van der Waals surface area contributed by atoms with E-state index in [1.165, 1.54) is 41.6 Å². The van der Waals surface area contributed by atoms with Gasteiger partial charge in [-0.1, -0.05) is 11.6 Å². The molecule has 14 nitrogen and oxygen atoms in total. The number of hydrogen-bond donors (Lipinski definition) is 2. The number of nitrogens with two attached hydrogens (primary N) is 1. The molecule has 0 spiro atoms. The number of hydrazone groups is 1. The number of nitro benzene ring substituents is 1. The summed E-state index contributed by atoms with van der Waals surface area (Å²) in [4.78, 5) is 25.4. The lowest BCUT2D eigenvalue weighted by Crippen LogP contribution is -2.31. The zero-order valence-corrected chi connectivity index (χ0v) is 16.9. The number of piperidine rings is 1. The minimum atomic E-state index is -0.581. The minimum Gasteiger partial charge on any atom is -0.378 e. The summed E-state index contributed by atoms with van der Waals surface area (Å²) >= 11 is 0. The number of nitro groups is 1. The Morgan fingerprint density at radius 1 is 1.25 bits per heavy atom. The third kappa shape index (κ3) is 4.59. The molecule has 2 aromatic heterocycles. The van der Waals surface area contributed by atoms with Crippen molar-refractivity contribution in [3.8, 4) is 5.82 Å². The molecule has 0 atom stereocenters. The smallest absolute Gasteiger partial charge is 0.292 e. The predicted molar refractivity (Wildman–Crippen MR) is 111 cm³/mol.